The molecule has 0 spiro atoms. The molecule has 2 aliphatic carbocycles. The number of aromatic nitrogens is 2. The van der Waals surface area contributed by atoms with Crippen molar-refractivity contribution in [1.29, 1.82) is 0 Å². The number of rotatable bonds is 6. The third kappa shape index (κ3) is 6.88. The number of anilines is 2. The maximum atomic E-state index is 12.6. The summed E-state index contributed by atoms with van der Waals surface area (Å²) >= 11 is 12.1. The van der Waals surface area contributed by atoms with Crippen LogP contribution in [0.15, 0.2) is 60.7 Å². The number of hydrogen-bond acceptors (Lipinski definition) is 4. The first-order valence-corrected chi connectivity index (χ1v) is 15.0. The fourth-order valence-electron chi connectivity index (χ4n) is 7.01. The van der Waals surface area contributed by atoms with Crippen LogP contribution in [0.4, 0.5) is 11.4 Å². The Morgan fingerprint density at radius 2 is 1.66 bits per heavy atom. The predicted octanol–water partition coefficient (Wildman–Crippen LogP) is 8.66. The Hall–Kier alpha value is -3.06. The molecule has 2 unspecified atom stereocenters. The van der Waals surface area contributed by atoms with Crippen molar-refractivity contribution in [3.05, 3.63) is 76.3 Å². The average Bonchev–Trinajstić information content (AvgIpc) is 3.36. The van der Waals surface area contributed by atoms with Gasteiger partial charge in [0, 0.05) is 35.6 Å². The highest BCUT2D eigenvalue weighted by Gasteiger charge is 2.40. The minimum atomic E-state index is -0.284. The molecule has 216 valence electrons. The van der Waals surface area contributed by atoms with Crippen LogP contribution in [0.1, 0.15) is 56.3 Å². The smallest absolute Gasteiger partial charge is 0.257 e. The Bertz CT molecular complexity index is 1500. The van der Waals surface area contributed by atoms with Gasteiger partial charge in [-0.15, -0.1) is 0 Å². The number of carbonyl (C=O) groups excluding carboxylic acids is 1. The molecule has 1 heterocycles. The quantitative estimate of drug-likeness (QED) is 0.180. The van der Waals surface area contributed by atoms with Gasteiger partial charge in [-0.25, -0.2) is 4.98 Å². The monoisotopic (exact) mass is 592 g/mol. The van der Waals surface area contributed by atoms with Crippen molar-refractivity contribution in [2.45, 2.75) is 46.0 Å². The fraction of sp³-hybridized carbons (Fsp3) is 0.394. The van der Waals surface area contributed by atoms with Crippen molar-refractivity contribution in [3.8, 4) is 11.4 Å². The van der Waals surface area contributed by atoms with Crippen LogP contribution in [0.3, 0.4) is 0 Å². The zero-order chi connectivity index (χ0) is 29.1. The van der Waals surface area contributed by atoms with Crippen LogP contribution >= 0.6 is 23.2 Å². The van der Waals surface area contributed by atoms with Crippen molar-refractivity contribution in [3.63, 3.8) is 0 Å². The molecular weight excluding hydrogens is 555 g/mol. The van der Waals surface area contributed by atoms with Gasteiger partial charge in [0.25, 0.3) is 5.91 Å². The number of imidazole rings is 1. The van der Waals surface area contributed by atoms with Crippen LogP contribution in [-0.4, -0.2) is 34.6 Å². The van der Waals surface area contributed by atoms with Crippen molar-refractivity contribution in [2.75, 3.05) is 24.3 Å². The van der Waals surface area contributed by atoms with E-state index in [1.165, 1.54) is 32.1 Å². The second kappa shape index (κ2) is 12.4. The van der Waals surface area contributed by atoms with E-state index in [1.807, 2.05) is 24.3 Å². The van der Waals surface area contributed by atoms with Gasteiger partial charge < -0.3 is 20.7 Å². The van der Waals surface area contributed by atoms with Crippen LogP contribution in [0.2, 0.25) is 10.0 Å². The summed E-state index contributed by atoms with van der Waals surface area (Å²) < 4.78 is 0. The maximum absolute atomic E-state index is 12.6. The molecule has 6 nitrogen and oxygen atoms in total. The molecule has 8 heteroatoms. The minimum absolute atomic E-state index is 0.284. The van der Waals surface area contributed by atoms with E-state index >= 15 is 0 Å². The topological polar surface area (TPSA) is 90.0 Å². The summed E-state index contributed by atoms with van der Waals surface area (Å²) in [5.41, 5.74) is 5.41. The number of benzene rings is 3. The van der Waals surface area contributed by atoms with Crippen molar-refractivity contribution in [1.82, 2.24) is 9.97 Å². The van der Waals surface area contributed by atoms with E-state index in [4.69, 9.17) is 33.3 Å². The molecule has 0 aliphatic heterocycles. The number of fused-ring (bicyclic) bond motifs is 3. The molecule has 4 N–H and O–H groups in total. The van der Waals surface area contributed by atoms with Gasteiger partial charge in [-0.05, 0) is 116 Å². The predicted molar refractivity (Wildman–Crippen MR) is 170 cm³/mol. The van der Waals surface area contributed by atoms with Gasteiger partial charge in [0.2, 0.25) is 0 Å². The van der Waals surface area contributed by atoms with E-state index in [0.29, 0.717) is 26.7 Å². The molecule has 0 radical (unpaired) electrons. The first kappa shape index (κ1) is 29.4. The summed E-state index contributed by atoms with van der Waals surface area (Å²) in [5.74, 6) is 3.19. The largest absolute Gasteiger partial charge is 0.400 e. The normalized spacial score (nSPS) is 23.4. The number of aromatic amines is 1. The van der Waals surface area contributed by atoms with Crippen LogP contribution in [0, 0.1) is 23.2 Å². The van der Waals surface area contributed by atoms with E-state index in [1.54, 1.807) is 18.2 Å². The highest BCUT2D eigenvalue weighted by atomic mass is 35.5. The molecule has 2 bridgehead atoms. The summed E-state index contributed by atoms with van der Waals surface area (Å²) in [4.78, 5) is 20.9. The molecule has 1 amide bonds. The van der Waals surface area contributed by atoms with Gasteiger partial charge in [0.05, 0.1) is 21.6 Å². The summed E-state index contributed by atoms with van der Waals surface area (Å²) in [6.07, 6.45) is 6.91. The Labute approximate surface area is 251 Å². The van der Waals surface area contributed by atoms with Crippen LogP contribution in [0.5, 0.6) is 0 Å². The number of H-pyrrole nitrogens is 1. The lowest BCUT2D eigenvalue weighted by Crippen LogP contribution is -2.39. The minimum Gasteiger partial charge on any atom is -0.400 e. The highest BCUT2D eigenvalue weighted by Crippen LogP contribution is 2.50. The second-order valence-corrected chi connectivity index (χ2v) is 12.9. The summed E-state index contributed by atoms with van der Waals surface area (Å²) in [5, 5.41) is 14.4. The Morgan fingerprint density at radius 1 is 0.976 bits per heavy atom. The Kier molecular flexibility index (Phi) is 8.93. The molecule has 2 fully saturated rings. The number of halogens is 2. The first-order valence-electron chi connectivity index (χ1n) is 14.3. The molecule has 2 aliphatic rings. The standard InChI is InChI=1S/C32H34Cl2N4O.CH4O/c1-19-11-20-13-21(12-19)17-32(2,16-20)18-35-25-8-10-28-29(15-25)38-30(37-28)22-3-6-24(7-4-22)36-31(39)26-9-5-23(33)14-27(26)34;1-2/h3-10,14-15,19-21,35H,11-13,16-18H2,1-2H3,(H,36,39)(H,37,38);2H,1H3. The number of nitrogens with zero attached hydrogens (tertiary/aromatic N) is 1. The number of aliphatic hydroxyl groups excluding tert-OH is 1. The van der Waals surface area contributed by atoms with E-state index in [-0.39, 0.29) is 5.91 Å². The first-order chi connectivity index (χ1) is 19.7. The number of carbonyl (C=O) groups is 1. The molecule has 3 aromatic carbocycles. The zero-order valence-corrected chi connectivity index (χ0v) is 25.3. The fourth-order valence-corrected chi connectivity index (χ4v) is 7.50. The molecule has 2 saturated carbocycles. The lowest BCUT2D eigenvalue weighted by atomic mass is 9.59. The molecule has 6 rings (SSSR count). The van der Waals surface area contributed by atoms with Crippen LogP contribution in [-0.2, 0) is 0 Å². The SMILES string of the molecule is CC1CC2CC(C1)CC(C)(CNc1ccc3nc(-c4ccc(NC(=O)c5ccc(Cl)cc5Cl)cc4)[nH]c3c1)C2.CO. The van der Waals surface area contributed by atoms with Gasteiger partial charge in [0.1, 0.15) is 5.82 Å². The molecule has 0 saturated heterocycles. The van der Waals surface area contributed by atoms with Crippen molar-refractivity contribution < 1.29 is 9.90 Å². The average molecular weight is 594 g/mol. The van der Waals surface area contributed by atoms with Gasteiger partial charge in [-0.1, -0.05) is 37.0 Å². The van der Waals surface area contributed by atoms with E-state index < -0.39 is 0 Å². The van der Waals surface area contributed by atoms with Crippen LogP contribution < -0.4 is 10.6 Å². The van der Waals surface area contributed by atoms with Gasteiger partial charge in [-0.3, -0.25) is 4.79 Å². The maximum Gasteiger partial charge on any atom is 0.257 e. The third-order valence-electron chi connectivity index (χ3n) is 8.49. The van der Waals surface area contributed by atoms with E-state index in [2.05, 4.69) is 47.7 Å². The number of amides is 1. The second-order valence-electron chi connectivity index (χ2n) is 12.1. The van der Waals surface area contributed by atoms with Crippen LogP contribution in [0.25, 0.3) is 22.4 Å². The summed E-state index contributed by atoms with van der Waals surface area (Å²) in [6.45, 7) is 5.91. The van der Waals surface area contributed by atoms with Crippen molar-refractivity contribution in [2.24, 2.45) is 23.2 Å². The molecule has 2 atom stereocenters. The molecule has 4 aromatic rings. The lowest BCUT2D eigenvalue weighted by molar-refractivity contribution is 0.0545. The lowest BCUT2D eigenvalue weighted by Gasteiger charge is -2.47. The Morgan fingerprint density at radius 3 is 2.34 bits per heavy atom. The zero-order valence-electron chi connectivity index (χ0n) is 23.8. The number of aliphatic hydroxyl groups is 1. The molecule has 1 aromatic heterocycles. The van der Waals surface area contributed by atoms with Crippen molar-refractivity contribution >= 4 is 51.5 Å². The van der Waals surface area contributed by atoms with E-state index in [9.17, 15) is 4.79 Å². The molecular formula is C33H38Cl2N4O2. The van der Waals surface area contributed by atoms with Gasteiger partial charge in [0.15, 0.2) is 0 Å². The number of hydrogen-bond donors (Lipinski definition) is 4. The summed E-state index contributed by atoms with van der Waals surface area (Å²) in [7, 11) is 1.00. The summed E-state index contributed by atoms with van der Waals surface area (Å²) in [6, 6.07) is 18.8. The molecule has 41 heavy (non-hydrogen) atoms. The van der Waals surface area contributed by atoms with Gasteiger partial charge >= 0.3 is 0 Å². The highest BCUT2D eigenvalue weighted by molar-refractivity contribution is 6.37. The Balaban J connectivity index is 0.00000165. The van der Waals surface area contributed by atoms with Gasteiger partial charge in [-0.2, -0.15) is 0 Å². The number of nitrogens with one attached hydrogen (secondary N) is 3. The third-order valence-corrected chi connectivity index (χ3v) is 9.04. The van der Waals surface area contributed by atoms with E-state index in [0.717, 1.165) is 59.5 Å².